The first-order valence-corrected chi connectivity index (χ1v) is 7.10. The van der Waals surface area contributed by atoms with Crippen molar-refractivity contribution in [1.82, 2.24) is 0 Å². The van der Waals surface area contributed by atoms with E-state index in [9.17, 15) is 4.57 Å². The van der Waals surface area contributed by atoms with Gasteiger partial charge < -0.3 is 9.88 Å². The third-order valence-electron chi connectivity index (χ3n) is 1.81. The Bertz CT molecular complexity index is 312. The summed E-state index contributed by atoms with van der Waals surface area (Å²) < 4.78 is 11.5. The van der Waals surface area contributed by atoms with E-state index in [1.165, 1.54) is 0 Å². The van der Waals surface area contributed by atoms with Crippen molar-refractivity contribution >= 4 is 12.8 Å². The van der Waals surface area contributed by atoms with Crippen molar-refractivity contribution in [2.24, 2.45) is 0 Å². The molecule has 0 aliphatic heterocycles. The minimum absolute atomic E-state index is 0.691. The van der Waals surface area contributed by atoms with Gasteiger partial charge in [-0.2, -0.15) is 0 Å². The van der Waals surface area contributed by atoms with Gasteiger partial charge in [0.15, 0.2) is 0 Å². The first-order valence-electron chi connectivity index (χ1n) is 4.32. The van der Waals surface area contributed by atoms with Crippen molar-refractivity contribution in [3.63, 3.8) is 0 Å². The van der Waals surface area contributed by atoms with Gasteiger partial charge in [-0.3, -0.25) is 0 Å². The molecule has 1 rings (SSSR count). The van der Waals surface area contributed by atoms with Gasteiger partial charge in [-0.15, -0.1) is 0 Å². The molecule has 3 heteroatoms. The molecule has 1 aromatic carbocycles. The predicted molar refractivity (Wildman–Crippen MR) is 59.1 cm³/mol. The molecule has 0 radical (unpaired) electrons. The Hall–Kier alpha value is -0.750. The smallest absolute Gasteiger partial charge is 0.0861 e. The van der Waals surface area contributed by atoms with Crippen LogP contribution in [0.2, 0.25) is 0 Å². The average molecular weight is 197 g/mol. The Balaban J connectivity index is 2.76. The van der Waals surface area contributed by atoms with Gasteiger partial charge in [-0.1, -0.05) is 12.1 Å². The van der Waals surface area contributed by atoms with Crippen LogP contribution in [0, 0.1) is 0 Å². The van der Waals surface area contributed by atoms with E-state index in [1.807, 2.05) is 44.6 Å². The molecule has 0 heterocycles. The number of anilines is 1. The van der Waals surface area contributed by atoms with E-state index in [2.05, 4.69) is 5.32 Å². The van der Waals surface area contributed by atoms with E-state index in [0.717, 1.165) is 11.3 Å². The quantitative estimate of drug-likeness (QED) is 0.755. The molecule has 2 nitrogen and oxygen atoms in total. The second kappa shape index (κ2) is 3.97. The normalized spacial score (nSPS) is 11.3. The maximum absolute atomic E-state index is 11.5. The lowest BCUT2D eigenvalue weighted by Crippen LogP contribution is -1.89. The lowest BCUT2D eigenvalue weighted by Gasteiger charge is -2.07. The largest absolute Gasteiger partial charge is 0.388 e. The van der Waals surface area contributed by atoms with Crippen molar-refractivity contribution in [2.45, 2.75) is 6.16 Å². The van der Waals surface area contributed by atoms with Crippen molar-refractivity contribution < 1.29 is 4.57 Å². The standard InChI is InChI=1S/C10H16NOP/c1-11-10-6-4-9(5-7-10)8-13(2,3)12/h4-7,11H,8H2,1-3H3. The zero-order valence-corrected chi connectivity index (χ0v) is 9.27. The second-order valence-corrected chi connectivity index (χ2v) is 7.14. The van der Waals surface area contributed by atoms with Crippen LogP contribution in [-0.4, -0.2) is 20.4 Å². The topological polar surface area (TPSA) is 29.1 Å². The molecule has 1 aromatic rings. The number of rotatable bonds is 3. The summed E-state index contributed by atoms with van der Waals surface area (Å²) in [4.78, 5) is 0. The van der Waals surface area contributed by atoms with Crippen LogP contribution in [0.5, 0.6) is 0 Å². The van der Waals surface area contributed by atoms with E-state index in [-0.39, 0.29) is 0 Å². The minimum Gasteiger partial charge on any atom is -0.388 e. The molecule has 0 unspecified atom stereocenters. The third kappa shape index (κ3) is 3.65. The van der Waals surface area contributed by atoms with Gasteiger partial charge in [0, 0.05) is 18.9 Å². The van der Waals surface area contributed by atoms with E-state index in [0.29, 0.717) is 6.16 Å². The van der Waals surface area contributed by atoms with Crippen LogP contribution in [-0.2, 0) is 10.7 Å². The molecule has 0 amide bonds. The highest BCUT2D eigenvalue weighted by molar-refractivity contribution is 7.61. The zero-order chi connectivity index (χ0) is 9.90. The molecule has 0 fully saturated rings. The summed E-state index contributed by atoms with van der Waals surface area (Å²) in [6.45, 7) is 3.64. The summed E-state index contributed by atoms with van der Waals surface area (Å²) in [5.41, 5.74) is 2.23. The first-order chi connectivity index (χ1) is 6.01. The Morgan fingerprint density at radius 3 is 2.15 bits per heavy atom. The molecule has 0 aliphatic rings. The SMILES string of the molecule is CNc1ccc(CP(C)(C)=O)cc1. The molecule has 13 heavy (non-hydrogen) atoms. The fourth-order valence-electron chi connectivity index (χ4n) is 1.22. The van der Waals surface area contributed by atoms with Crippen LogP contribution in [0.4, 0.5) is 5.69 Å². The highest BCUT2D eigenvalue weighted by atomic mass is 31.2. The summed E-state index contributed by atoms with van der Waals surface area (Å²) in [5.74, 6) is 0. The Labute approximate surface area is 79.7 Å². The summed E-state index contributed by atoms with van der Waals surface area (Å²) in [6, 6.07) is 8.05. The first kappa shape index (κ1) is 10.3. The van der Waals surface area contributed by atoms with E-state index < -0.39 is 7.14 Å². The predicted octanol–water partition coefficient (Wildman–Crippen LogP) is 2.85. The molecule has 0 aromatic heterocycles. The van der Waals surface area contributed by atoms with Gasteiger partial charge in [-0.25, -0.2) is 0 Å². The summed E-state index contributed by atoms with van der Waals surface area (Å²) in [5, 5.41) is 3.05. The zero-order valence-electron chi connectivity index (χ0n) is 8.37. The fourth-order valence-corrected chi connectivity index (χ4v) is 2.31. The van der Waals surface area contributed by atoms with E-state index in [1.54, 1.807) is 0 Å². The maximum Gasteiger partial charge on any atom is 0.0861 e. The Morgan fingerprint density at radius 1 is 1.23 bits per heavy atom. The lowest BCUT2D eigenvalue weighted by atomic mass is 10.2. The van der Waals surface area contributed by atoms with Crippen LogP contribution >= 0.6 is 7.14 Å². The molecule has 0 spiro atoms. The number of hydrogen-bond acceptors (Lipinski definition) is 2. The van der Waals surface area contributed by atoms with Crippen LogP contribution in [0.25, 0.3) is 0 Å². The molecule has 0 saturated heterocycles. The van der Waals surface area contributed by atoms with Gasteiger partial charge in [0.1, 0.15) is 0 Å². The number of nitrogens with one attached hydrogen (secondary N) is 1. The van der Waals surface area contributed by atoms with Gasteiger partial charge in [0.25, 0.3) is 0 Å². The molecular weight excluding hydrogens is 181 g/mol. The highest BCUT2D eigenvalue weighted by Crippen LogP contribution is 2.40. The second-order valence-electron chi connectivity index (χ2n) is 3.68. The maximum atomic E-state index is 11.5. The molecule has 72 valence electrons. The lowest BCUT2D eigenvalue weighted by molar-refractivity contribution is 0.582. The van der Waals surface area contributed by atoms with Crippen molar-refractivity contribution in [3.8, 4) is 0 Å². The van der Waals surface area contributed by atoms with Crippen molar-refractivity contribution in [1.29, 1.82) is 0 Å². The van der Waals surface area contributed by atoms with Crippen LogP contribution in [0.15, 0.2) is 24.3 Å². The van der Waals surface area contributed by atoms with Crippen LogP contribution in [0.3, 0.4) is 0 Å². The molecular formula is C10H16NOP. The van der Waals surface area contributed by atoms with Crippen LogP contribution < -0.4 is 5.32 Å². The van der Waals surface area contributed by atoms with E-state index in [4.69, 9.17) is 0 Å². The Morgan fingerprint density at radius 2 is 1.77 bits per heavy atom. The molecule has 0 aliphatic carbocycles. The number of hydrogen-bond donors (Lipinski definition) is 1. The minimum atomic E-state index is -1.93. The van der Waals surface area contributed by atoms with Gasteiger partial charge in [-0.05, 0) is 31.0 Å². The molecule has 0 atom stereocenters. The highest BCUT2D eigenvalue weighted by Gasteiger charge is 2.07. The average Bonchev–Trinajstić information content (AvgIpc) is 2.03. The molecule has 1 N–H and O–H groups in total. The van der Waals surface area contributed by atoms with Crippen molar-refractivity contribution in [2.75, 3.05) is 25.7 Å². The van der Waals surface area contributed by atoms with E-state index >= 15 is 0 Å². The summed E-state index contributed by atoms with van der Waals surface area (Å²) in [7, 11) is -0.0432. The summed E-state index contributed by atoms with van der Waals surface area (Å²) >= 11 is 0. The summed E-state index contributed by atoms with van der Waals surface area (Å²) in [6.07, 6.45) is 0.691. The fraction of sp³-hybridized carbons (Fsp3) is 0.400. The monoisotopic (exact) mass is 197 g/mol. The van der Waals surface area contributed by atoms with Crippen LogP contribution in [0.1, 0.15) is 5.56 Å². The molecule has 0 bridgehead atoms. The third-order valence-corrected chi connectivity index (χ3v) is 2.93. The number of benzene rings is 1. The van der Waals surface area contributed by atoms with Crippen molar-refractivity contribution in [3.05, 3.63) is 29.8 Å². The van der Waals surface area contributed by atoms with Gasteiger partial charge >= 0.3 is 0 Å². The van der Waals surface area contributed by atoms with Gasteiger partial charge in [0.05, 0.1) is 7.14 Å². The molecule has 0 saturated carbocycles. The van der Waals surface area contributed by atoms with Gasteiger partial charge in [0.2, 0.25) is 0 Å². The Kier molecular flexibility index (Phi) is 3.16.